The maximum atomic E-state index is 10.2. The maximum Gasteiger partial charge on any atom is 0.0840 e. The molecule has 1 saturated heterocycles. The Balaban J connectivity index is 2.15. The predicted molar refractivity (Wildman–Crippen MR) is 87.4 cm³/mol. The van der Waals surface area contributed by atoms with E-state index in [9.17, 15) is 10.2 Å². The van der Waals surface area contributed by atoms with Gasteiger partial charge in [-0.1, -0.05) is 65.2 Å². The van der Waals surface area contributed by atoms with Gasteiger partial charge in [-0.15, -0.1) is 0 Å². The lowest BCUT2D eigenvalue weighted by molar-refractivity contribution is -0.0786. The number of hydrogen-bond acceptors (Lipinski definition) is 3. The lowest BCUT2D eigenvalue weighted by Crippen LogP contribution is -2.31. The summed E-state index contributed by atoms with van der Waals surface area (Å²) >= 11 is 0. The maximum absolute atomic E-state index is 10.2. The lowest BCUT2D eigenvalue weighted by Gasteiger charge is -2.22. The van der Waals surface area contributed by atoms with Crippen molar-refractivity contribution in [2.45, 2.75) is 115 Å². The zero-order valence-electron chi connectivity index (χ0n) is 14.1. The van der Waals surface area contributed by atoms with Crippen LogP contribution < -0.4 is 0 Å². The molecular weight excluding hydrogens is 264 g/mol. The van der Waals surface area contributed by atoms with Crippen LogP contribution in [0.1, 0.15) is 90.9 Å². The first-order chi connectivity index (χ1) is 10.2. The molecule has 21 heavy (non-hydrogen) atoms. The molecule has 3 heteroatoms. The molecule has 0 aromatic carbocycles. The Labute approximate surface area is 131 Å². The van der Waals surface area contributed by atoms with Crippen LogP contribution >= 0.6 is 0 Å². The summed E-state index contributed by atoms with van der Waals surface area (Å²) in [7, 11) is 0. The van der Waals surface area contributed by atoms with Crippen LogP contribution in [0.15, 0.2) is 0 Å². The molecule has 126 valence electrons. The molecule has 0 bridgehead atoms. The molecule has 0 unspecified atom stereocenters. The quantitative estimate of drug-likeness (QED) is 0.531. The molecule has 1 aliphatic rings. The summed E-state index contributed by atoms with van der Waals surface area (Å²) < 4.78 is 5.90. The van der Waals surface area contributed by atoms with Crippen molar-refractivity contribution < 1.29 is 14.9 Å². The van der Waals surface area contributed by atoms with Gasteiger partial charge in [0.25, 0.3) is 0 Å². The highest BCUT2D eigenvalue weighted by molar-refractivity contribution is 4.83. The second kappa shape index (κ2) is 11.4. The minimum absolute atomic E-state index is 0.0538. The summed E-state index contributed by atoms with van der Waals surface area (Å²) in [6.07, 6.45) is 12.2. The van der Waals surface area contributed by atoms with Gasteiger partial charge in [-0.05, 0) is 25.7 Å². The molecule has 0 aromatic rings. The SMILES string of the molecule is CCCCCC[C@@H](O)[C@@H]1CC[C@H]([C@H](O)CCCCCC)O1. The van der Waals surface area contributed by atoms with Gasteiger partial charge < -0.3 is 14.9 Å². The smallest absolute Gasteiger partial charge is 0.0840 e. The van der Waals surface area contributed by atoms with Crippen LogP contribution in [-0.4, -0.2) is 34.6 Å². The molecule has 0 saturated carbocycles. The first-order valence-corrected chi connectivity index (χ1v) is 9.20. The van der Waals surface area contributed by atoms with Crippen LogP contribution in [0.2, 0.25) is 0 Å². The number of rotatable bonds is 12. The van der Waals surface area contributed by atoms with E-state index in [0.29, 0.717) is 0 Å². The number of hydrogen-bond donors (Lipinski definition) is 2. The van der Waals surface area contributed by atoms with Gasteiger partial charge in [0, 0.05) is 0 Å². The van der Waals surface area contributed by atoms with Crippen molar-refractivity contribution in [1.82, 2.24) is 0 Å². The van der Waals surface area contributed by atoms with Crippen molar-refractivity contribution in [1.29, 1.82) is 0 Å². The Bertz CT molecular complexity index is 221. The third-order valence-electron chi connectivity index (χ3n) is 4.65. The summed E-state index contributed by atoms with van der Waals surface area (Å²) in [5.74, 6) is 0. The van der Waals surface area contributed by atoms with Gasteiger partial charge in [0.05, 0.1) is 24.4 Å². The van der Waals surface area contributed by atoms with Crippen LogP contribution in [0, 0.1) is 0 Å². The molecule has 0 radical (unpaired) electrons. The van der Waals surface area contributed by atoms with E-state index < -0.39 is 0 Å². The number of unbranched alkanes of at least 4 members (excludes halogenated alkanes) is 6. The van der Waals surface area contributed by atoms with Gasteiger partial charge in [-0.2, -0.15) is 0 Å². The number of ether oxygens (including phenoxy) is 1. The fourth-order valence-electron chi connectivity index (χ4n) is 3.19. The van der Waals surface area contributed by atoms with Gasteiger partial charge in [0.15, 0.2) is 0 Å². The topological polar surface area (TPSA) is 49.7 Å². The molecule has 1 fully saturated rings. The van der Waals surface area contributed by atoms with E-state index in [2.05, 4.69) is 13.8 Å². The minimum atomic E-state index is -0.348. The van der Waals surface area contributed by atoms with Gasteiger partial charge in [-0.25, -0.2) is 0 Å². The fraction of sp³-hybridized carbons (Fsp3) is 1.00. The Morgan fingerprint density at radius 3 is 1.57 bits per heavy atom. The summed E-state index contributed by atoms with van der Waals surface area (Å²) in [6.45, 7) is 4.39. The highest BCUT2D eigenvalue weighted by Gasteiger charge is 2.33. The Morgan fingerprint density at radius 2 is 1.19 bits per heavy atom. The predicted octanol–water partition coefficient (Wildman–Crippen LogP) is 4.20. The molecule has 0 aliphatic carbocycles. The van der Waals surface area contributed by atoms with E-state index in [1.165, 1.54) is 38.5 Å². The average molecular weight is 300 g/mol. The second-order valence-corrected chi connectivity index (χ2v) is 6.62. The van der Waals surface area contributed by atoms with E-state index >= 15 is 0 Å². The van der Waals surface area contributed by atoms with Gasteiger partial charge in [-0.3, -0.25) is 0 Å². The van der Waals surface area contributed by atoms with Crippen LogP contribution in [0.5, 0.6) is 0 Å². The second-order valence-electron chi connectivity index (χ2n) is 6.62. The molecule has 2 N–H and O–H groups in total. The van der Waals surface area contributed by atoms with E-state index in [1.807, 2.05) is 0 Å². The molecule has 0 amide bonds. The van der Waals surface area contributed by atoms with Gasteiger partial charge >= 0.3 is 0 Å². The Kier molecular flexibility index (Phi) is 10.3. The minimum Gasteiger partial charge on any atom is -0.390 e. The largest absolute Gasteiger partial charge is 0.390 e. The first-order valence-electron chi connectivity index (χ1n) is 9.20. The highest BCUT2D eigenvalue weighted by atomic mass is 16.5. The number of aliphatic hydroxyl groups excluding tert-OH is 2. The highest BCUT2D eigenvalue weighted by Crippen LogP contribution is 2.28. The van der Waals surface area contributed by atoms with Crippen LogP contribution in [-0.2, 0) is 4.74 Å². The summed E-state index contributed by atoms with van der Waals surface area (Å²) in [5, 5.41) is 20.4. The van der Waals surface area contributed by atoms with Crippen LogP contribution in [0.25, 0.3) is 0 Å². The normalized spacial score (nSPS) is 25.1. The fourth-order valence-corrected chi connectivity index (χ4v) is 3.19. The van der Waals surface area contributed by atoms with Gasteiger partial charge in [0.2, 0.25) is 0 Å². The molecule has 1 heterocycles. The molecule has 0 spiro atoms. The van der Waals surface area contributed by atoms with E-state index in [4.69, 9.17) is 4.74 Å². The van der Waals surface area contributed by atoms with Crippen molar-refractivity contribution in [2.75, 3.05) is 0 Å². The van der Waals surface area contributed by atoms with E-state index in [0.717, 1.165) is 38.5 Å². The summed E-state index contributed by atoms with van der Waals surface area (Å²) in [5.41, 5.74) is 0. The van der Waals surface area contributed by atoms with E-state index in [1.54, 1.807) is 0 Å². The third-order valence-corrected chi connectivity index (χ3v) is 4.65. The zero-order chi connectivity index (χ0) is 15.5. The van der Waals surface area contributed by atoms with E-state index in [-0.39, 0.29) is 24.4 Å². The Morgan fingerprint density at radius 1 is 0.762 bits per heavy atom. The van der Waals surface area contributed by atoms with Crippen molar-refractivity contribution >= 4 is 0 Å². The average Bonchev–Trinajstić information content (AvgIpc) is 2.98. The molecular formula is C18H36O3. The molecule has 0 aromatic heterocycles. The Hall–Kier alpha value is -0.120. The summed E-state index contributed by atoms with van der Waals surface area (Å²) in [6, 6.07) is 0. The summed E-state index contributed by atoms with van der Waals surface area (Å²) in [4.78, 5) is 0. The standard InChI is InChI=1S/C18H36O3/c1-3-5-7-9-11-15(19)17-13-14-18(21-17)16(20)12-10-8-6-4-2/h15-20H,3-14H2,1-2H3/t15-,16-,17-,18+/m1/s1. The first kappa shape index (κ1) is 18.9. The van der Waals surface area contributed by atoms with Crippen molar-refractivity contribution in [3.05, 3.63) is 0 Å². The molecule has 3 nitrogen and oxygen atoms in total. The van der Waals surface area contributed by atoms with Crippen molar-refractivity contribution in [3.8, 4) is 0 Å². The van der Waals surface area contributed by atoms with Crippen molar-refractivity contribution in [2.24, 2.45) is 0 Å². The monoisotopic (exact) mass is 300 g/mol. The van der Waals surface area contributed by atoms with Crippen LogP contribution in [0.4, 0.5) is 0 Å². The molecule has 1 aliphatic heterocycles. The third kappa shape index (κ3) is 7.62. The molecule has 1 rings (SSSR count). The lowest BCUT2D eigenvalue weighted by atomic mass is 10.0. The molecule has 4 atom stereocenters. The van der Waals surface area contributed by atoms with Gasteiger partial charge in [0.1, 0.15) is 0 Å². The van der Waals surface area contributed by atoms with Crippen molar-refractivity contribution in [3.63, 3.8) is 0 Å². The van der Waals surface area contributed by atoms with Crippen LogP contribution in [0.3, 0.4) is 0 Å². The number of aliphatic hydroxyl groups is 2. The zero-order valence-corrected chi connectivity index (χ0v) is 14.1.